The molecule has 2 aliphatic rings. The SMILES string of the molecule is CC(C)(C)OC(N)=O.CC1CC2CCN12. The molecule has 2 heterocycles. The van der Waals surface area contributed by atoms with E-state index in [4.69, 9.17) is 5.73 Å². The van der Waals surface area contributed by atoms with Gasteiger partial charge in [-0.15, -0.1) is 0 Å². The van der Waals surface area contributed by atoms with Gasteiger partial charge in [0.05, 0.1) is 0 Å². The maximum atomic E-state index is 10.0. The summed E-state index contributed by atoms with van der Waals surface area (Å²) in [7, 11) is 0. The molecule has 2 rings (SSSR count). The van der Waals surface area contributed by atoms with Crippen molar-refractivity contribution >= 4 is 6.09 Å². The Morgan fingerprint density at radius 3 is 2.07 bits per heavy atom. The van der Waals surface area contributed by atoms with Crippen molar-refractivity contribution in [3.8, 4) is 0 Å². The second-order valence-corrected chi connectivity index (χ2v) is 5.30. The lowest BCUT2D eigenvalue weighted by atomic mass is 9.84. The molecular weight excluding hydrogens is 192 g/mol. The van der Waals surface area contributed by atoms with Gasteiger partial charge in [0.2, 0.25) is 0 Å². The minimum absolute atomic E-state index is 0.453. The molecule has 4 heteroatoms. The third kappa shape index (κ3) is 3.70. The molecule has 0 spiro atoms. The number of hydrogen-bond acceptors (Lipinski definition) is 3. The summed E-state index contributed by atoms with van der Waals surface area (Å²) < 4.78 is 4.58. The molecule has 0 saturated carbocycles. The highest BCUT2D eigenvalue weighted by Gasteiger charge is 2.41. The number of carbonyl (C=O) groups is 1. The Kier molecular flexibility index (Phi) is 3.60. The molecule has 88 valence electrons. The van der Waals surface area contributed by atoms with Crippen LogP contribution in [-0.4, -0.2) is 35.2 Å². The van der Waals surface area contributed by atoms with Crippen LogP contribution in [0, 0.1) is 0 Å². The van der Waals surface area contributed by atoms with E-state index in [0.29, 0.717) is 0 Å². The number of nitrogens with zero attached hydrogens (tertiary/aromatic N) is 1. The van der Waals surface area contributed by atoms with Gasteiger partial charge in [0, 0.05) is 18.6 Å². The molecule has 0 aliphatic carbocycles. The Balaban J connectivity index is 0.000000150. The minimum atomic E-state index is -0.725. The van der Waals surface area contributed by atoms with Crippen molar-refractivity contribution in [2.75, 3.05) is 6.54 Å². The standard InChI is InChI=1S/C6H11N.C5H11NO2/c1-5-4-6-2-3-7(5)6;1-5(2,3)8-4(6)7/h5-6H,2-4H2,1H3;1-3H3,(H2,6,7). The van der Waals surface area contributed by atoms with Crippen LogP contribution in [0.4, 0.5) is 4.79 Å². The van der Waals surface area contributed by atoms with Gasteiger partial charge in [0.1, 0.15) is 5.60 Å². The maximum Gasteiger partial charge on any atom is 0.405 e. The Bertz CT molecular complexity index is 231. The molecule has 2 unspecified atom stereocenters. The van der Waals surface area contributed by atoms with Gasteiger partial charge in [-0.25, -0.2) is 4.79 Å². The zero-order valence-electron chi connectivity index (χ0n) is 10.1. The summed E-state index contributed by atoms with van der Waals surface area (Å²) in [6.45, 7) is 8.98. The monoisotopic (exact) mass is 214 g/mol. The van der Waals surface area contributed by atoms with E-state index in [2.05, 4.69) is 16.6 Å². The third-order valence-electron chi connectivity index (χ3n) is 2.78. The number of nitrogens with two attached hydrogens (primary N) is 1. The average Bonchev–Trinajstić information content (AvgIpc) is 1.95. The number of amides is 1. The molecule has 1 amide bonds. The van der Waals surface area contributed by atoms with E-state index in [9.17, 15) is 4.79 Å². The van der Waals surface area contributed by atoms with E-state index in [-0.39, 0.29) is 0 Å². The summed E-state index contributed by atoms with van der Waals surface area (Å²) in [5.74, 6) is 0. The number of hydrogen-bond donors (Lipinski definition) is 1. The molecular formula is C11H22N2O2. The van der Waals surface area contributed by atoms with Gasteiger partial charge in [-0.2, -0.15) is 0 Å². The fraction of sp³-hybridized carbons (Fsp3) is 0.909. The smallest absolute Gasteiger partial charge is 0.405 e. The van der Waals surface area contributed by atoms with Crippen LogP contribution in [-0.2, 0) is 4.74 Å². The Labute approximate surface area is 91.8 Å². The van der Waals surface area contributed by atoms with Gasteiger partial charge in [-0.05, 0) is 40.5 Å². The summed E-state index contributed by atoms with van der Waals surface area (Å²) in [6, 6.07) is 1.95. The van der Waals surface area contributed by atoms with Gasteiger partial charge in [-0.3, -0.25) is 4.90 Å². The van der Waals surface area contributed by atoms with E-state index >= 15 is 0 Å². The van der Waals surface area contributed by atoms with Crippen molar-refractivity contribution in [3.05, 3.63) is 0 Å². The zero-order chi connectivity index (χ0) is 11.6. The second-order valence-electron chi connectivity index (χ2n) is 5.30. The third-order valence-corrected chi connectivity index (χ3v) is 2.78. The summed E-state index contributed by atoms with van der Waals surface area (Å²) >= 11 is 0. The van der Waals surface area contributed by atoms with Crippen molar-refractivity contribution < 1.29 is 9.53 Å². The molecule has 0 aromatic heterocycles. The normalized spacial score (nSPS) is 28.8. The Morgan fingerprint density at radius 2 is 2.07 bits per heavy atom. The summed E-state index contributed by atoms with van der Waals surface area (Å²) in [6.07, 6.45) is 2.22. The minimum Gasteiger partial charge on any atom is -0.444 e. The highest BCUT2D eigenvalue weighted by molar-refractivity contribution is 5.65. The number of carbonyl (C=O) groups excluding carboxylic acids is 1. The van der Waals surface area contributed by atoms with Gasteiger partial charge in [-0.1, -0.05) is 0 Å². The average molecular weight is 214 g/mol. The predicted octanol–water partition coefficient (Wildman–Crippen LogP) is 1.73. The van der Waals surface area contributed by atoms with Crippen LogP contribution in [0.15, 0.2) is 0 Å². The van der Waals surface area contributed by atoms with Gasteiger partial charge < -0.3 is 10.5 Å². The van der Waals surface area contributed by atoms with Crippen molar-refractivity contribution in [1.82, 2.24) is 4.90 Å². The zero-order valence-corrected chi connectivity index (χ0v) is 10.1. The fourth-order valence-corrected chi connectivity index (χ4v) is 1.99. The van der Waals surface area contributed by atoms with Crippen LogP contribution < -0.4 is 5.73 Å². The lowest BCUT2D eigenvalue weighted by Crippen LogP contribution is -2.62. The van der Waals surface area contributed by atoms with Crippen molar-refractivity contribution in [3.63, 3.8) is 0 Å². The number of ether oxygens (including phenoxy) is 1. The first kappa shape index (κ1) is 12.3. The number of rotatable bonds is 0. The van der Waals surface area contributed by atoms with Crippen LogP contribution in [0.25, 0.3) is 0 Å². The molecule has 2 atom stereocenters. The Hall–Kier alpha value is -0.770. The molecule has 15 heavy (non-hydrogen) atoms. The largest absolute Gasteiger partial charge is 0.444 e. The van der Waals surface area contributed by atoms with Gasteiger partial charge >= 0.3 is 6.09 Å². The fourth-order valence-electron chi connectivity index (χ4n) is 1.99. The lowest BCUT2D eigenvalue weighted by Gasteiger charge is -2.55. The molecule has 0 aromatic carbocycles. The highest BCUT2D eigenvalue weighted by atomic mass is 16.6. The number of primary amides is 1. The molecule has 4 nitrogen and oxygen atoms in total. The van der Waals surface area contributed by atoms with Crippen molar-refractivity contribution in [1.29, 1.82) is 0 Å². The van der Waals surface area contributed by atoms with E-state index in [0.717, 1.165) is 12.1 Å². The maximum absolute atomic E-state index is 10.0. The first-order chi connectivity index (χ1) is 6.79. The molecule has 2 aliphatic heterocycles. The summed E-state index contributed by atoms with van der Waals surface area (Å²) in [5, 5.41) is 0. The van der Waals surface area contributed by atoms with E-state index in [1.165, 1.54) is 19.4 Å². The van der Waals surface area contributed by atoms with Gasteiger partial charge in [0.15, 0.2) is 0 Å². The summed E-state index contributed by atoms with van der Waals surface area (Å²) in [4.78, 5) is 12.6. The molecule has 2 N–H and O–H groups in total. The molecule has 0 aromatic rings. The number of fused-ring (bicyclic) bond motifs is 1. The predicted molar refractivity (Wildman–Crippen MR) is 59.6 cm³/mol. The quantitative estimate of drug-likeness (QED) is 0.668. The van der Waals surface area contributed by atoms with Gasteiger partial charge in [0.25, 0.3) is 0 Å². The molecule has 0 radical (unpaired) electrons. The van der Waals surface area contributed by atoms with Crippen LogP contribution >= 0.6 is 0 Å². The number of piperidine rings is 1. The van der Waals surface area contributed by atoms with E-state index in [1.807, 2.05) is 0 Å². The van der Waals surface area contributed by atoms with Crippen LogP contribution in [0.3, 0.4) is 0 Å². The van der Waals surface area contributed by atoms with Crippen molar-refractivity contribution in [2.24, 2.45) is 5.73 Å². The first-order valence-electron chi connectivity index (χ1n) is 5.54. The Morgan fingerprint density at radius 1 is 1.47 bits per heavy atom. The van der Waals surface area contributed by atoms with Crippen LogP contribution in [0.5, 0.6) is 0 Å². The topological polar surface area (TPSA) is 55.6 Å². The highest BCUT2D eigenvalue weighted by Crippen LogP contribution is 2.35. The van der Waals surface area contributed by atoms with Crippen molar-refractivity contribution in [2.45, 2.75) is 58.2 Å². The van der Waals surface area contributed by atoms with E-state index < -0.39 is 11.7 Å². The van der Waals surface area contributed by atoms with E-state index in [1.54, 1.807) is 20.8 Å². The van der Waals surface area contributed by atoms with Crippen LogP contribution in [0.2, 0.25) is 0 Å². The lowest BCUT2D eigenvalue weighted by molar-refractivity contribution is -0.0556. The first-order valence-corrected chi connectivity index (χ1v) is 5.54. The summed E-state index contributed by atoms with van der Waals surface area (Å²) in [5.41, 5.74) is 4.26. The molecule has 2 saturated heterocycles. The second kappa shape index (κ2) is 4.39. The molecule has 0 bridgehead atoms. The molecule has 2 fully saturated rings. The van der Waals surface area contributed by atoms with Crippen LogP contribution in [0.1, 0.15) is 40.5 Å².